The molecule has 0 saturated heterocycles. The maximum absolute atomic E-state index is 8.23. The van der Waals surface area contributed by atoms with E-state index in [1.165, 1.54) is 0 Å². The van der Waals surface area contributed by atoms with E-state index in [-0.39, 0.29) is 5.96 Å². The first-order valence-corrected chi connectivity index (χ1v) is 4.09. The third kappa shape index (κ3) is 7.30. The van der Waals surface area contributed by atoms with Gasteiger partial charge in [0.1, 0.15) is 0 Å². The summed E-state index contributed by atoms with van der Waals surface area (Å²) in [6.07, 6.45) is 2.20. The van der Waals surface area contributed by atoms with Crippen LogP contribution in [0.4, 0.5) is 0 Å². The van der Waals surface area contributed by atoms with Gasteiger partial charge in [0.2, 0.25) is 5.96 Å². The number of guanidine groups is 1. The SMILES string of the molecule is CCCCOCCN=C(N)NO. The molecule has 5 nitrogen and oxygen atoms in total. The average molecular weight is 175 g/mol. The molecule has 0 heterocycles. The zero-order valence-corrected chi connectivity index (χ0v) is 7.42. The van der Waals surface area contributed by atoms with Gasteiger partial charge in [-0.2, -0.15) is 0 Å². The van der Waals surface area contributed by atoms with E-state index in [9.17, 15) is 0 Å². The number of nitrogens with zero attached hydrogens (tertiary/aromatic N) is 1. The molecule has 0 aliphatic rings. The van der Waals surface area contributed by atoms with Crippen molar-refractivity contribution in [1.82, 2.24) is 5.48 Å². The van der Waals surface area contributed by atoms with Crippen LogP contribution in [0.15, 0.2) is 4.99 Å². The van der Waals surface area contributed by atoms with Crippen LogP contribution in [-0.2, 0) is 4.74 Å². The van der Waals surface area contributed by atoms with Gasteiger partial charge in [-0.25, -0.2) is 10.5 Å². The third-order valence-electron chi connectivity index (χ3n) is 1.27. The van der Waals surface area contributed by atoms with Crippen molar-refractivity contribution in [2.24, 2.45) is 10.7 Å². The highest BCUT2D eigenvalue weighted by Gasteiger charge is 1.87. The molecule has 12 heavy (non-hydrogen) atoms. The molecule has 0 bridgehead atoms. The first-order valence-electron chi connectivity index (χ1n) is 4.09. The van der Waals surface area contributed by atoms with E-state index in [1.54, 1.807) is 5.48 Å². The Morgan fingerprint density at radius 1 is 1.58 bits per heavy atom. The molecule has 0 spiro atoms. The zero-order chi connectivity index (χ0) is 9.23. The lowest BCUT2D eigenvalue weighted by Crippen LogP contribution is -2.28. The number of hydrogen-bond donors (Lipinski definition) is 3. The van der Waals surface area contributed by atoms with Crippen molar-refractivity contribution in [3.05, 3.63) is 0 Å². The third-order valence-corrected chi connectivity index (χ3v) is 1.27. The Labute approximate surface area is 72.6 Å². The van der Waals surface area contributed by atoms with Crippen LogP contribution in [0.2, 0.25) is 0 Å². The molecule has 0 rings (SSSR count). The minimum Gasteiger partial charge on any atom is -0.380 e. The molecule has 0 unspecified atom stereocenters. The van der Waals surface area contributed by atoms with Crippen molar-refractivity contribution < 1.29 is 9.94 Å². The van der Waals surface area contributed by atoms with Crippen LogP contribution >= 0.6 is 0 Å². The Hall–Kier alpha value is -0.810. The molecule has 0 radical (unpaired) electrons. The number of ether oxygens (including phenoxy) is 1. The number of hydroxylamine groups is 1. The number of aliphatic imine (C=N–C) groups is 1. The topological polar surface area (TPSA) is 79.9 Å². The molecule has 0 aromatic rings. The fourth-order valence-electron chi connectivity index (χ4n) is 0.614. The maximum atomic E-state index is 8.23. The van der Waals surface area contributed by atoms with Gasteiger partial charge >= 0.3 is 0 Å². The van der Waals surface area contributed by atoms with E-state index in [0.717, 1.165) is 19.4 Å². The number of nitrogens with two attached hydrogens (primary N) is 1. The van der Waals surface area contributed by atoms with Crippen LogP contribution in [0, 0.1) is 0 Å². The van der Waals surface area contributed by atoms with Gasteiger partial charge in [-0.3, -0.25) is 5.21 Å². The molecule has 0 atom stereocenters. The van der Waals surface area contributed by atoms with Crippen LogP contribution in [0.1, 0.15) is 19.8 Å². The molecule has 0 aliphatic carbocycles. The predicted molar refractivity (Wildman–Crippen MR) is 47.1 cm³/mol. The van der Waals surface area contributed by atoms with Gasteiger partial charge in [-0.1, -0.05) is 13.3 Å². The highest BCUT2D eigenvalue weighted by atomic mass is 16.5. The van der Waals surface area contributed by atoms with Gasteiger partial charge in [0.25, 0.3) is 0 Å². The Bertz CT molecular complexity index is 128. The van der Waals surface area contributed by atoms with Crippen molar-refractivity contribution in [3.63, 3.8) is 0 Å². The van der Waals surface area contributed by atoms with Gasteiger partial charge in [0.05, 0.1) is 13.2 Å². The first kappa shape index (κ1) is 11.2. The van der Waals surface area contributed by atoms with Crippen molar-refractivity contribution in [2.75, 3.05) is 19.8 Å². The van der Waals surface area contributed by atoms with E-state index in [1.807, 2.05) is 0 Å². The number of hydrogen-bond acceptors (Lipinski definition) is 3. The van der Waals surface area contributed by atoms with Crippen LogP contribution < -0.4 is 11.2 Å². The fourth-order valence-corrected chi connectivity index (χ4v) is 0.614. The van der Waals surface area contributed by atoms with Crippen molar-refractivity contribution in [3.8, 4) is 0 Å². The summed E-state index contributed by atoms with van der Waals surface area (Å²) < 4.78 is 5.20. The van der Waals surface area contributed by atoms with E-state index >= 15 is 0 Å². The van der Waals surface area contributed by atoms with Crippen LogP contribution in [0.25, 0.3) is 0 Å². The first-order chi connectivity index (χ1) is 5.81. The molecule has 72 valence electrons. The second kappa shape index (κ2) is 8.29. The minimum atomic E-state index is 0.0223. The van der Waals surface area contributed by atoms with Gasteiger partial charge < -0.3 is 10.5 Å². The summed E-state index contributed by atoms with van der Waals surface area (Å²) in [6, 6.07) is 0. The summed E-state index contributed by atoms with van der Waals surface area (Å²) in [5.41, 5.74) is 6.89. The molecular weight excluding hydrogens is 158 g/mol. The highest BCUT2D eigenvalue weighted by molar-refractivity contribution is 5.76. The fraction of sp³-hybridized carbons (Fsp3) is 0.857. The summed E-state index contributed by atoms with van der Waals surface area (Å²) in [4.78, 5) is 3.75. The monoisotopic (exact) mass is 175 g/mol. The average Bonchev–Trinajstić information content (AvgIpc) is 2.10. The molecule has 0 fully saturated rings. The van der Waals surface area contributed by atoms with Crippen LogP contribution in [0.3, 0.4) is 0 Å². The van der Waals surface area contributed by atoms with E-state index in [2.05, 4.69) is 11.9 Å². The van der Waals surface area contributed by atoms with Crippen molar-refractivity contribution in [2.45, 2.75) is 19.8 Å². The summed E-state index contributed by atoms with van der Waals surface area (Å²) in [6.45, 7) is 3.89. The Kier molecular flexibility index (Phi) is 7.73. The van der Waals surface area contributed by atoms with Crippen LogP contribution in [0.5, 0.6) is 0 Å². The quantitative estimate of drug-likeness (QED) is 0.231. The Balaban J connectivity index is 3.10. The van der Waals surface area contributed by atoms with E-state index in [0.29, 0.717) is 13.2 Å². The van der Waals surface area contributed by atoms with Gasteiger partial charge in [0, 0.05) is 6.61 Å². The number of nitrogens with one attached hydrogen (secondary N) is 1. The smallest absolute Gasteiger partial charge is 0.212 e. The standard InChI is InChI=1S/C7H17N3O2/c1-2-3-5-12-6-4-9-7(8)10-11/h11H,2-6H2,1H3,(H3,8,9,10). The second-order valence-electron chi connectivity index (χ2n) is 2.34. The van der Waals surface area contributed by atoms with Crippen molar-refractivity contribution >= 4 is 5.96 Å². The van der Waals surface area contributed by atoms with Gasteiger partial charge in [-0.15, -0.1) is 0 Å². The highest BCUT2D eigenvalue weighted by Crippen LogP contribution is 1.87. The Morgan fingerprint density at radius 3 is 2.92 bits per heavy atom. The molecule has 0 aliphatic heterocycles. The molecule has 0 aromatic carbocycles. The van der Waals surface area contributed by atoms with E-state index < -0.39 is 0 Å². The summed E-state index contributed by atoms with van der Waals surface area (Å²) in [5.74, 6) is 0.0223. The Morgan fingerprint density at radius 2 is 2.33 bits per heavy atom. The summed E-state index contributed by atoms with van der Waals surface area (Å²) >= 11 is 0. The molecule has 0 saturated carbocycles. The largest absolute Gasteiger partial charge is 0.380 e. The molecule has 0 amide bonds. The lowest BCUT2D eigenvalue weighted by molar-refractivity contribution is 0.138. The molecule has 5 heteroatoms. The molecular formula is C7H17N3O2. The number of unbranched alkanes of at least 4 members (excludes halogenated alkanes) is 1. The maximum Gasteiger partial charge on any atom is 0.212 e. The number of rotatable bonds is 6. The summed E-state index contributed by atoms with van der Waals surface area (Å²) in [7, 11) is 0. The normalized spacial score (nSPS) is 11.7. The van der Waals surface area contributed by atoms with Gasteiger partial charge in [-0.05, 0) is 6.42 Å². The van der Waals surface area contributed by atoms with Crippen LogP contribution in [-0.4, -0.2) is 30.9 Å². The zero-order valence-electron chi connectivity index (χ0n) is 7.42. The second-order valence-corrected chi connectivity index (χ2v) is 2.34. The molecule has 0 aromatic heterocycles. The van der Waals surface area contributed by atoms with E-state index in [4.69, 9.17) is 15.7 Å². The van der Waals surface area contributed by atoms with Crippen molar-refractivity contribution in [1.29, 1.82) is 0 Å². The predicted octanol–water partition coefficient (Wildman–Crippen LogP) is 0.0966. The minimum absolute atomic E-state index is 0.0223. The van der Waals surface area contributed by atoms with Gasteiger partial charge in [0.15, 0.2) is 0 Å². The molecule has 4 N–H and O–H groups in total. The lowest BCUT2D eigenvalue weighted by Gasteiger charge is -2.00. The summed E-state index contributed by atoms with van der Waals surface area (Å²) in [5, 5.41) is 8.23. The lowest BCUT2D eigenvalue weighted by atomic mass is 10.4.